The molecule has 0 amide bonds. The molecule has 0 aliphatic heterocycles. The van der Waals surface area contributed by atoms with Gasteiger partial charge in [0.25, 0.3) is 0 Å². The van der Waals surface area contributed by atoms with Gasteiger partial charge in [0.2, 0.25) is 6.29 Å². The molecule has 0 aromatic heterocycles. The van der Waals surface area contributed by atoms with Gasteiger partial charge in [-0.15, -0.1) is 0 Å². The van der Waals surface area contributed by atoms with E-state index in [9.17, 15) is 9.59 Å². The summed E-state index contributed by atoms with van der Waals surface area (Å²) in [7, 11) is 0. The predicted molar refractivity (Wildman–Crippen MR) is 53.5 cm³/mol. The van der Waals surface area contributed by atoms with E-state index in [0.717, 1.165) is 32.1 Å². The van der Waals surface area contributed by atoms with Crippen LogP contribution in [0.15, 0.2) is 0 Å². The summed E-state index contributed by atoms with van der Waals surface area (Å²) in [5, 5.41) is 0. The first-order valence-corrected chi connectivity index (χ1v) is 5.74. The Labute approximate surface area is 85.1 Å². The van der Waals surface area contributed by atoms with Gasteiger partial charge in [-0.3, -0.25) is 9.59 Å². The van der Waals surface area contributed by atoms with Gasteiger partial charge in [-0.2, -0.15) is 0 Å². The summed E-state index contributed by atoms with van der Waals surface area (Å²) in [6, 6.07) is 0. The van der Waals surface area contributed by atoms with E-state index in [1.807, 2.05) is 6.29 Å². The Hall–Kier alpha value is -0.660. The van der Waals surface area contributed by atoms with E-state index in [-0.39, 0.29) is 17.6 Å². The highest BCUT2D eigenvalue weighted by molar-refractivity contribution is 5.95. The Morgan fingerprint density at radius 1 is 1.07 bits per heavy atom. The highest BCUT2D eigenvalue weighted by Gasteiger charge is 2.36. The quantitative estimate of drug-likeness (QED) is 0.642. The number of ketones is 1. The smallest absolute Gasteiger partial charge is 0.209 e. The average Bonchev–Trinajstić information content (AvgIpc) is 2.55. The molecule has 2 rings (SSSR count). The number of Topliss-reactive ketones (excluding diaryl/α,β-unsaturated/α-hetero) is 1. The fourth-order valence-corrected chi connectivity index (χ4v) is 2.62. The summed E-state index contributed by atoms with van der Waals surface area (Å²) >= 11 is 0. The molecule has 0 heterocycles. The molecular formula is C12H17O2. The van der Waals surface area contributed by atoms with E-state index in [1.54, 1.807) is 0 Å². The topological polar surface area (TPSA) is 34.1 Å². The largest absolute Gasteiger partial charge is 0.299 e. The van der Waals surface area contributed by atoms with Gasteiger partial charge >= 0.3 is 0 Å². The Morgan fingerprint density at radius 3 is 2.14 bits per heavy atom. The maximum Gasteiger partial charge on any atom is 0.209 e. The molecule has 2 heteroatoms. The van der Waals surface area contributed by atoms with Crippen molar-refractivity contribution in [3.8, 4) is 0 Å². The van der Waals surface area contributed by atoms with Crippen molar-refractivity contribution in [2.24, 2.45) is 17.8 Å². The van der Waals surface area contributed by atoms with Crippen molar-refractivity contribution in [1.82, 2.24) is 0 Å². The minimum Gasteiger partial charge on any atom is -0.299 e. The first-order valence-electron chi connectivity index (χ1n) is 5.74. The Morgan fingerprint density at radius 2 is 1.71 bits per heavy atom. The molecule has 2 saturated carbocycles. The monoisotopic (exact) mass is 193 g/mol. The summed E-state index contributed by atoms with van der Waals surface area (Å²) in [5.74, 6) is 0.323. The van der Waals surface area contributed by atoms with Gasteiger partial charge in [0.1, 0.15) is 5.78 Å². The van der Waals surface area contributed by atoms with Crippen LogP contribution in [0, 0.1) is 17.8 Å². The van der Waals surface area contributed by atoms with Crippen LogP contribution in [-0.4, -0.2) is 12.1 Å². The Bertz CT molecular complexity index is 224. The molecule has 0 spiro atoms. The zero-order valence-electron chi connectivity index (χ0n) is 8.50. The third-order valence-electron chi connectivity index (χ3n) is 3.81. The van der Waals surface area contributed by atoms with Crippen LogP contribution in [0.1, 0.15) is 44.9 Å². The lowest BCUT2D eigenvalue weighted by Gasteiger charge is -2.28. The summed E-state index contributed by atoms with van der Waals surface area (Å²) in [6.45, 7) is 0. The highest BCUT2D eigenvalue weighted by Crippen LogP contribution is 2.36. The summed E-state index contributed by atoms with van der Waals surface area (Å²) in [6.07, 6.45) is 9.63. The molecule has 0 bridgehead atoms. The SMILES string of the molecule is O=[C]C(C(=O)C1CCC1)C1CCCC1. The molecule has 77 valence electrons. The van der Waals surface area contributed by atoms with Crippen molar-refractivity contribution in [2.45, 2.75) is 44.9 Å². The lowest BCUT2D eigenvalue weighted by atomic mass is 9.74. The molecule has 1 unspecified atom stereocenters. The summed E-state index contributed by atoms with van der Waals surface area (Å²) < 4.78 is 0. The van der Waals surface area contributed by atoms with E-state index in [0.29, 0.717) is 5.92 Å². The van der Waals surface area contributed by atoms with E-state index in [1.165, 1.54) is 12.8 Å². The summed E-state index contributed by atoms with van der Waals surface area (Å²) in [5.41, 5.74) is 0. The molecule has 0 N–H and O–H groups in total. The van der Waals surface area contributed by atoms with E-state index < -0.39 is 0 Å². The number of carbonyl (C=O) groups is 1. The van der Waals surface area contributed by atoms with Crippen LogP contribution in [0.2, 0.25) is 0 Å². The third kappa shape index (κ3) is 1.75. The minimum atomic E-state index is -0.386. The van der Waals surface area contributed by atoms with Crippen molar-refractivity contribution in [3.63, 3.8) is 0 Å². The molecular weight excluding hydrogens is 176 g/mol. The van der Waals surface area contributed by atoms with Crippen LogP contribution in [0.3, 0.4) is 0 Å². The molecule has 0 saturated heterocycles. The molecule has 14 heavy (non-hydrogen) atoms. The van der Waals surface area contributed by atoms with Crippen molar-refractivity contribution >= 4 is 12.1 Å². The zero-order valence-corrected chi connectivity index (χ0v) is 8.50. The van der Waals surface area contributed by atoms with Gasteiger partial charge in [-0.05, 0) is 31.6 Å². The second kappa shape index (κ2) is 4.24. The zero-order chi connectivity index (χ0) is 9.97. The molecule has 0 aromatic carbocycles. The van der Waals surface area contributed by atoms with Crippen molar-refractivity contribution in [1.29, 1.82) is 0 Å². The van der Waals surface area contributed by atoms with Crippen LogP contribution in [-0.2, 0) is 9.59 Å². The predicted octanol–water partition coefficient (Wildman–Crippen LogP) is 2.27. The second-order valence-corrected chi connectivity index (χ2v) is 4.67. The van der Waals surface area contributed by atoms with Gasteiger partial charge < -0.3 is 0 Å². The van der Waals surface area contributed by atoms with E-state index in [4.69, 9.17) is 0 Å². The van der Waals surface area contributed by atoms with Gasteiger partial charge in [0, 0.05) is 5.92 Å². The first kappa shape index (κ1) is 9.88. The lowest BCUT2D eigenvalue weighted by molar-refractivity contribution is -0.128. The van der Waals surface area contributed by atoms with Gasteiger partial charge in [0.15, 0.2) is 0 Å². The Kier molecular flexibility index (Phi) is 2.99. The fourth-order valence-electron chi connectivity index (χ4n) is 2.62. The molecule has 1 atom stereocenters. The van der Waals surface area contributed by atoms with Crippen LogP contribution in [0.25, 0.3) is 0 Å². The molecule has 0 aromatic rings. The fraction of sp³-hybridized carbons (Fsp3) is 0.833. The van der Waals surface area contributed by atoms with Crippen LogP contribution >= 0.6 is 0 Å². The second-order valence-electron chi connectivity index (χ2n) is 4.67. The van der Waals surface area contributed by atoms with Crippen LogP contribution < -0.4 is 0 Å². The third-order valence-corrected chi connectivity index (χ3v) is 3.81. The molecule has 2 fully saturated rings. The number of hydrogen-bond acceptors (Lipinski definition) is 2. The molecule has 2 aliphatic rings. The van der Waals surface area contributed by atoms with Crippen LogP contribution in [0.4, 0.5) is 0 Å². The standard InChI is InChI=1S/C12H17O2/c13-8-11(9-4-1-2-5-9)12(14)10-6-3-7-10/h9-11H,1-7H2. The number of carbonyl (C=O) groups excluding carboxylic acids is 2. The van der Waals surface area contributed by atoms with Crippen molar-refractivity contribution in [2.75, 3.05) is 0 Å². The molecule has 1 radical (unpaired) electrons. The van der Waals surface area contributed by atoms with Crippen molar-refractivity contribution in [3.05, 3.63) is 0 Å². The normalized spacial score (nSPS) is 25.7. The maximum atomic E-state index is 11.9. The first-order chi connectivity index (χ1) is 6.83. The molecule has 2 nitrogen and oxygen atoms in total. The Balaban J connectivity index is 1.96. The minimum absolute atomic E-state index is 0.193. The summed E-state index contributed by atoms with van der Waals surface area (Å²) in [4.78, 5) is 22.7. The molecule has 2 aliphatic carbocycles. The van der Waals surface area contributed by atoms with E-state index in [2.05, 4.69) is 0 Å². The van der Waals surface area contributed by atoms with Crippen molar-refractivity contribution < 1.29 is 9.59 Å². The van der Waals surface area contributed by atoms with E-state index >= 15 is 0 Å². The van der Waals surface area contributed by atoms with Crippen LogP contribution in [0.5, 0.6) is 0 Å². The van der Waals surface area contributed by atoms with Gasteiger partial charge in [-0.25, -0.2) is 0 Å². The maximum absolute atomic E-state index is 11.9. The average molecular weight is 193 g/mol. The highest BCUT2D eigenvalue weighted by atomic mass is 16.1. The number of hydrogen-bond donors (Lipinski definition) is 0. The van der Waals surface area contributed by atoms with Gasteiger partial charge in [0.05, 0.1) is 5.92 Å². The number of rotatable bonds is 4. The lowest BCUT2D eigenvalue weighted by Crippen LogP contribution is -2.33. The van der Waals surface area contributed by atoms with Gasteiger partial charge in [-0.1, -0.05) is 19.3 Å².